The minimum Gasteiger partial charge on any atom is -0.389 e. The number of hydrogen-bond donors (Lipinski definition) is 2. The molecule has 1 aliphatic heterocycles. The highest BCUT2D eigenvalue weighted by Crippen LogP contribution is 2.27. The van der Waals surface area contributed by atoms with E-state index in [1.807, 2.05) is 31.1 Å². The molecule has 1 amide bonds. The van der Waals surface area contributed by atoms with Gasteiger partial charge in [-0.25, -0.2) is 18.4 Å². The lowest BCUT2D eigenvalue weighted by molar-refractivity contribution is -0.110. The molecule has 1 aromatic carbocycles. The third kappa shape index (κ3) is 7.73. The van der Waals surface area contributed by atoms with Crippen LogP contribution in [0.2, 0.25) is 0 Å². The average Bonchev–Trinajstić information content (AvgIpc) is 3.61. The molecular weight excluding hydrogens is 556 g/mol. The summed E-state index contributed by atoms with van der Waals surface area (Å²) in [5, 5.41) is 10.4. The normalized spacial score (nSPS) is 15.9. The summed E-state index contributed by atoms with van der Waals surface area (Å²) in [6.45, 7) is 2.90. The van der Waals surface area contributed by atoms with Crippen molar-refractivity contribution >= 4 is 54.1 Å². The molecule has 216 valence electrons. The molecule has 2 aromatic heterocycles. The van der Waals surface area contributed by atoms with E-state index in [-0.39, 0.29) is 22.5 Å². The Morgan fingerprint density at radius 2 is 2.02 bits per heavy atom. The lowest BCUT2D eigenvalue weighted by atomic mass is 10.1. The van der Waals surface area contributed by atoms with Crippen molar-refractivity contribution in [2.45, 2.75) is 23.8 Å². The van der Waals surface area contributed by atoms with E-state index >= 15 is 0 Å². The van der Waals surface area contributed by atoms with E-state index in [4.69, 9.17) is 14.3 Å². The zero-order valence-corrected chi connectivity index (χ0v) is 24.4. The molecular formula is C26H34N6O6S2. The Labute approximate surface area is 237 Å². The summed E-state index contributed by atoms with van der Waals surface area (Å²) in [6, 6.07) is 9.77. The Bertz CT molecular complexity index is 1420. The van der Waals surface area contributed by atoms with Gasteiger partial charge in [0.15, 0.2) is 26.8 Å². The smallest absolute Gasteiger partial charge is 0.280 e. The number of oxime groups is 1. The predicted octanol–water partition coefficient (Wildman–Crippen LogP) is 2.31. The number of sulfone groups is 1. The Kier molecular flexibility index (Phi) is 10.4. The molecule has 12 nitrogen and oxygen atoms in total. The molecule has 0 radical (unpaired) electrons. The fourth-order valence-corrected chi connectivity index (χ4v) is 6.02. The van der Waals surface area contributed by atoms with Gasteiger partial charge in [-0.2, -0.15) is 0 Å². The van der Waals surface area contributed by atoms with Gasteiger partial charge in [0.05, 0.1) is 23.9 Å². The van der Waals surface area contributed by atoms with Crippen LogP contribution in [0.4, 0.5) is 10.9 Å². The number of aromatic nitrogens is 2. The number of ether oxygens (including phenoxy) is 2. The molecule has 1 saturated heterocycles. The molecule has 3 aromatic rings. The van der Waals surface area contributed by atoms with Gasteiger partial charge in [0.1, 0.15) is 16.2 Å². The Hall–Kier alpha value is -3.17. The van der Waals surface area contributed by atoms with E-state index in [2.05, 4.69) is 25.8 Å². The zero-order chi connectivity index (χ0) is 28.5. The van der Waals surface area contributed by atoms with Gasteiger partial charge in [-0.15, -0.1) is 0 Å². The molecule has 0 unspecified atom stereocenters. The van der Waals surface area contributed by atoms with Crippen molar-refractivity contribution in [2.24, 2.45) is 5.16 Å². The summed E-state index contributed by atoms with van der Waals surface area (Å²) in [6.07, 6.45) is 0.775. The summed E-state index contributed by atoms with van der Waals surface area (Å²) in [5.74, 6) is 0.224. The standard InChI is InChI=1S/C26H34N6O6S2/c1-27-12-13-32(2)22-10-9-21-25(29-22)39-26(28-21)30-24(33)23(31-38-19-11-15-37-17-19)18-5-7-20(8-6-18)40(34,35)16-4-14-36-3/h5-10,19,27H,4,11-17H2,1-3H3,(H,28,30,33)/b31-23+/t19-/m1/s1. The number of fused-ring (bicyclic) bond motifs is 1. The summed E-state index contributed by atoms with van der Waals surface area (Å²) in [7, 11) is 1.90. The number of carbonyl (C=O) groups is 1. The van der Waals surface area contributed by atoms with Crippen molar-refractivity contribution in [3.05, 3.63) is 42.0 Å². The second-order valence-electron chi connectivity index (χ2n) is 9.21. The van der Waals surface area contributed by atoms with Crippen LogP contribution in [0, 0.1) is 0 Å². The highest BCUT2D eigenvalue weighted by molar-refractivity contribution is 7.91. The first-order chi connectivity index (χ1) is 19.3. The Morgan fingerprint density at radius 3 is 2.73 bits per heavy atom. The summed E-state index contributed by atoms with van der Waals surface area (Å²) in [4.78, 5) is 31.0. The van der Waals surface area contributed by atoms with Crippen LogP contribution in [-0.4, -0.2) is 96.0 Å². The molecule has 3 heterocycles. The van der Waals surface area contributed by atoms with Crippen LogP contribution in [0.1, 0.15) is 18.4 Å². The highest BCUT2D eigenvalue weighted by atomic mass is 32.2. The molecule has 14 heteroatoms. The lowest BCUT2D eigenvalue weighted by Gasteiger charge is -2.17. The number of amides is 1. The quantitative estimate of drug-likeness (QED) is 0.163. The zero-order valence-electron chi connectivity index (χ0n) is 22.8. The minimum absolute atomic E-state index is 0.00469. The van der Waals surface area contributed by atoms with E-state index in [0.717, 1.165) is 18.9 Å². The van der Waals surface area contributed by atoms with E-state index < -0.39 is 15.7 Å². The van der Waals surface area contributed by atoms with Gasteiger partial charge < -0.3 is 24.5 Å². The van der Waals surface area contributed by atoms with E-state index in [0.29, 0.717) is 53.7 Å². The molecule has 1 fully saturated rings. The van der Waals surface area contributed by atoms with Crippen molar-refractivity contribution in [1.29, 1.82) is 0 Å². The monoisotopic (exact) mass is 590 g/mol. The first-order valence-corrected chi connectivity index (χ1v) is 15.4. The van der Waals surface area contributed by atoms with Gasteiger partial charge >= 0.3 is 0 Å². The number of rotatable bonds is 14. The maximum absolute atomic E-state index is 13.4. The Morgan fingerprint density at radius 1 is 1.23 bits per heavy atom. The molecule has 1 aliphatic rings. The Balaban J connectivity index is 1.54. The number of methoxy groups -OCH3 is 1. The molecule has 40 heavy (non-hydrogen) atoms. The number of nitrogens with one attached hydrogen (secondary N) is 2. The third-order valence-electron chi connectivity index (χ3n) is 6.19. The van der Waals surface area contributed by atoms with E-state index in [1.165, 1.54) is 30.6 Å². The van der Waals surface area contributed by atoms with Gasteiger partial charge in [-0.05, 0) is 37.7 Å². The van der Waals surface area contributed by atoms with E-state index in [1.54, 1.807) is 12.1 Å². The molecule has 4 rings (SSSR count). The number of hydrogen-bond acceptors (Lipinski definition) is 12. The van der Waals surface area contributed by atoms with Crippen molar-refractivity contribution in [3.63, 3.8) is 0 Å². The number of thiazole rings is 1. The maximum atomic E-state index is 13.4. The van der Waals surface area contributed by atoms with Gasteiger partial charge in [0.25, 0.3) is 5.91 Å². The van der Waals surface area contributed by atoms with Crippen molar-refractivity contribution in [3.8, 4) is 0 Å². The van der Waals surface area contributed by atoms with Crippen LogP contribution in [0.3, 0.4) is 0 Å². The van der Waals surface area contributed by atoms with E-state index in [9.17, 15) is 13.2 Å². The minimum atomic E-state index is -3.49. The van der Waals surface area contributed by atoms with Crippen LogP contribution in [0.15, 0.2) is 46.4 Å². The second kappa shape index (κ2) is 13.9. The molecule has 0 spiro atoms. The van der Waals surface area contributed by atoms with Gasteiger partial charge in [-0.3, -0.25) is 10.1 Å². The van der Waals surface area contributed by atoms with Gasteiger partial charge in [0.2, 0.25) is 0 Å². The summed E-state index contributed by atoms with van der Waals surface area (Å²) in [5.41, 5.74) is 1.06. The van der Waals surface area contributed by atoms with Crippen LogP contribution in [-0.2, 0) is 28.9 Å². The molecule has 0 saturated carbocycles. The SMILES string of the molecule is CNCCN(C)c1ccc2nc(NC(=O)/C(=N/O[C@@H]3CCOC3)c3ccc(S(=O)(=O)CCCOC)cc3)sc2n1. The summed E-state index contributed by atoms with van der Waals surface area (Å²) >= 11 is 1.25. The number of nitrogens with zero attached hydrogens (tertiary/aromatic N) is 4. The molecule has 0 aliphatic carbocycles. The van der Waals surface area contributed by atoms with Crippen molar-refractivity contribution < 1.29 is 27.5 Å². The van der Waals surface area contributed by atoms with Gasteiger partial charge in [0, 0.05) is 45.8 Å². The number of pyridine rings is 1. The second-order valence-corrected chi connectivity index (χ2v) is 12.3. The topological polar surface area (TPSA) is 144 Å². The van der Waals surface area contributed by atoms with Crippen LogP contribution in [0.5, 0.6) is 0 Å². The van der Waals surface area contributed by atoms with Gasteiger partial charge in [-0.1, -0.05) is 28.6 Å². The highest BCUT2D eigenvalue weighted by Gasteiger charge is 2.22. The van der Waals surface area contributed by atoms with Crippen molar-refractivity contribution in [1.82, 2.24) is 15.3 Å². The summed E-state index contributed by atoms with van der Waals surface area (Å²) < 4.78 is 35.6. The fourth-order valence-electron chi connectivity index (χ4n) is 3.90. The number of likely N-dealkylation sites (N-methyl/N-ethyl adjacent to an activating group) is 2. The largest absolute Gasteiger partial charge is 0.389 e. The molecule has 0 bridgehead atoms. The van der Waals surface area contributed by atoms with Crippen LogP contribution >= 0.6 is 11.3 Å². The average molecular weight is 591 g/mol. The number of anilines is 2. The van der Waals surface area contributed by atoms with Crippen LogP contribution in [0.25, 0.3) is 10.3 Å². The maximum Gasteiger partial charge on any atom is 0.280 e. The number of carbonyl (C=O) groups excluding carboxylic acids is 1. The lowest BCUT2D eigenvalue weighted by Crippen LogP contribution is -2.27. The first-order valence-electron chi connectivity index (χ1n) is 12.9. The fraction of sp³-hybridized carbons (Fsp3) is 0.462. The molecule has 1 atom stereocenters. The van der Waals surface area contributed by atoms with Crippen LogP contribution < -0.4 is 15.5 Å². The number of benzene rings is 1. The third-order valence-corrected chi connectivity index (χ3v) is 8.89. The molecule has 2 N–H and O–H groups in total. The predicted molar refractivity (Wildman–Crippen MR) is 155 cm³/mol. The van der Waals surface area contributed by atoms with Crippen molar-refractivity contribution in [2.75, 3.05) is 70.1 Å². The first kappa shape index (κ1) is 29.8.